The normalized spacial score (nSPS) is 11.4. The summed E-state index contributed by atoms with van der Waals surface area (Å²) in [7, 11) is 0. The standard InChI is InChI=1S/C56H38N2S/c1-3-10-39(11-4-1)41-20-29-48(30-21-41)58(49-31-22-42(23-32-49)40-12-5-2-6-13-40)50-33-24-44(25-34-50)43-18-27-47(28-19-43)57-37-36-46-38-45(26-35-54(46)57)51-15-9-16-53-52-14-7-8-17-55(52)59-56(51)53/h1-38H. The van der Waals surface area contributed by atoms with E-state index in [9.17, 15) is 0 Å². The molecule has 0 atom stereocenters. The number of rotatable bonds is 8. The lowest BCUT2D eigenvalue weighted by Gasteiger charge is -2.26. The van der Waals surface area contributed by atoms with Crippen LogP contribution in [0.5, 0.6) is 0 Å². The van der Waals surface area contributed by atoms with Crippen molar-refractivity contribution in [3.05, 3.63) is 231 Å². The summed E-state index contributed by atoms with van der Waals surface area (Å²) in [5, 5.41) is 3.89. The van der Waals surface area contributed by atoms with Crippen LogP contribution in [0.3, 0.4) is 0 Å². The third-order valence-corrected chi connectivity index (χ3v) is 12.7. The molecular weight excluding hydrogens is 733 g/mol. The summed E-state index contributed by atoms with van der Waals surface area (Å²) in [5.74, 6) is 0. The molecule has 0 bridgehead atoms. The lowest BCUT2D eigenvalue weighted by Crippen LogP contribution is -2.09. The Morgan fingerprint density at radius 2 is 0.831 bits per heavy atom. The molecule has 0 fully saturated rings. The number of benzene rings is 9. The van der Waals surface area contributed by atoms with E-state index in [4.69, 9.17) is 0 Å². The van der Waals surface area contributed by atoms with Crippen molar-refractivity contribution in [1.82, 2.24) is 4.57 Å². The quantitative estimate of drug-likeness (QED) is 0.149. The number of aromatic nitrogens is 1. The molecule has 0 spiro atoms. The molecule has 0 saturated heterocycles. The second-order valence-electron chi connectivity index (χ2n) is 15.0. The minimum absolute atomic E-state index is 1.10. The fraction of sp³-hybridized carbons (Fsp3) is 0. The van der Waals surface area contributed by atoms with Gasteiger partial charge in [-0.05, 0) is 117 Å². The van der Waals surface area contributed by atoms with Gasteiger partial charge in [0.25, 0.3) is 0 Å². The first-order chi connectivity index (χ1) is 29.2. The van der Waals surface area contributed by atoms with Gasteiger partial charge in [-0.3, -0.25) is 0 Å². The van der Waals surface area contributed by atoms with Gasteiger partial charge in [-0.2, -0.15) is 0 Å². The Balaban J connectivity index is 0.877. The summed E-state index contributed by atoms with van der Waals surface area (Å²) >= 11 is 1.88. The zero-order valence-electron chi connectivity index (χ0n) is 32.2. The van der Waals surface area contributed by atoms with Gasteiger partial charge >= 0.3 is 0 Å². The van der Waals surface area contributed by atoms with E-state index in [1.807, 2.05) is 11.3 Å². The molecule has 9 aromatic carbocycles. The first-order valence-electron chi connectivity index (χ1n) is 20.1. The molecule has 0 unspecified atom stereocenters. The average Bonchev–Trinajstić information content (AvgIpc) is 3.92. The van der Waals surface area contributed by atoms with E-state index in [1.54, 1.807) is 0 Å². The van der Waals surface area contributed by atoms with Crippen LogP contribution >= 0.6 is 11.3 Å². The lowest BCUT2D eigenvalue weighted by atomic mass is 10.0. The Kier molecular flexibility index (Phi) is 8.72. The van der Waals surface area contributed by atoms with Crippen molar-refractivity contribution in [2.45, 2.75) is 0 Å². The fourth-order valence-electron chi connectivity index (χ4n) is 8.44. The highest BCUT2D eigenvalue weighted by molar-refractivity contribution is 7.26. The predicted molar refractivity (Wildman–Crippen MR) is 253 cm³/mol. The highest BCUT2D eigenvalue weighted by atomic mass is 32.1. The molecule has 0 aliphatic carbocycles. The van der Waals surface area contributed by atoms with Gasteiger partial charge < -0.3 is 9.47 Å². The Morgan fingerprint density at radius 1 is 0.356 bits per heavy atom. The maximum absolute atomic E-state index is 2.34. The van der Waals surface area contributed by atoms with E-state index in [0.29, 0.717) is 0 Å². The topological polar surface area (TPSA) is 8.17 Å². The van der Waals surface area contributed by atoms with E-state index in [0.717, 1.165) is 22.7 Å². The minimum atomic E-state index is 1.10. The first kappa shape index (κ1) is 34.8. The fourth-order valence-corrected chi connectivity index (χ4v) is 9.68. The summed E-state index contributed by atoms with van der Waals surface area (Å²) in [6.07, 6.45) is 2.19. The average molecular weight is 771 g/mol. The molecule has 59 heavy (non-hydrogen) atoms. The molecule has 2 nitrogen and oxygen atoms in total. The molecular formula is C56H38N2S. The van der Waals surface area contributed by atoms with Gasteiger partial charge in [0.05, 0.1) is 5.52 Å². The summed E-state index contributed by atoms with van der Waals surface area (Å²) in [5.41, 5.74) is 15.4. The van der Waals surface area contributed by atoms with Crippen LogP contribution in [0, 0.1) is 0 Å². The van der Waals surface area contributed by atoms with Gasteiger partial charge in [0.1, 0.15) is 0 Å². The highest BCUT2D eigenvalue weighted by Gasteiger charge is 2.15. The molecule has 0 aliphatic rings. The van der Waals surface area contributed by atoms with E-state index >= 15 is 0 Å². The van der Waals surface area contributed by atoms with Crippen LogP contribution in [0.4, 0.5) is 17.1 Å². The second-order valence-corrected chi connectivity index (χ2v) is 16.0. The van der Waals surface area contributed by atoms with Crippen molar-refractivity contribution >= 4 is 59.5 Å². The van der Waals surface area contributed by atoms with Gasteiger partial charge in [-0.25, -0.2) is 0 Å². The molecule has 2 heterocycles. The van der Waals surface area contributed by atoms with Crippen LogP contribution in [0.2, 0.25) is 0 Å². The number of hydrogen-bond donors (Lipinski definition) is 0. The van der Waals surface area contributed by atoms with Gasteiger partial charge in [0.2, 0.25) is 0 Å². The van der Waals surface area contributed by atoms with Gasteiger partial charge in [0, 0.05) is 54.5 Å². The Labute approximate surface area is 348 Å². The highest BCUT2D eigenvalue weighted by Crippen LogP contribution is 2.41. The smallest absolute Gasteiger partial charge is 0.0528 e. The summed E-state index contributed by atoms with van der Waals surface area (Å²) in [6.45, 7) is 0. The van der Waals surface area contributed by atoms with Crippen molar-refractivity contribution in [2.75, 3.05) is 4.90 Å². The molecule has 11 aromatic rings. The molecule has 0 N–H and O–H groups in total. The van der Waals surface area contributed by atoms with Crippen molar-refractivity contribution in [1.29, 1.82) is 0 Å². The number of fused-ring (bicyclic) bond motifs is 4. The first-order valence-corrected chi connectivity index (χ1v) is 20.9. The van der Waals surface area contributed by atoms with Gasteiger partial charge in [0.15, 0.2) is 0 Å². The Bertz CT molecular complexity index is 3130. The van der Waals surface area contributed by atoms with E-state index in [-0.39, 0.29) is 0 Å². The summed E-state index contributed by atoms with van der Waals surface area (Å²) in [4.78, 5) is 2.34. The maximum atomic E-state index is 2.34. The van der Waals surface area contributed by atoms with Crippen LogP contribution in [-0.4, -0.2) is 4.57 Å². The number of hydrogen-bond acceptors (Lipinski definition) is 2. The van der Waals surface area contributed by atoms with E-state index in [1.165, 1.54) is 75.6 Å². The molecule has 11 rings (SSSR count). The van der Waals surface area contributed by atoms with Crippen molar-refractivity contribution in [3.8, 4) is 50.2 Å². The molecule has 0 radical (unpaired) electrons. The third-order valence-electron chi connectivity index (χ3n) is 11.5. The molecule has 0 aliphatic heterocycles. The Morgan fingerprint density at radius 3 is 1.41 bits per heavy atom. The van der Waals surface area contributed by atoms with E-state index in [2.05, 4.69) is 240 Å². The van der Waals surface area contributed by atoms with Crippen LogP contribution < -0.4 is 4.90 Å². The predicted octanol–water partition coefficient (Wildman–Crippen LogP) is 16.1. The molecule has 3 heteroatoms. The third kappa shape index (κ3) is 6.48. The van der Waals surface area contributed by atoms with Crippen LogP contribution in [0.25, 0.3) is 81.3 Å². The molecule has 278 valence electrons. The number of anilines is 3. The monoisotopic (exact) mass is 770 g/mol. The summed E-state index contributed by atoms with van der Waals surface area (Å²) < 4.78 is 4.97. The largest absolute Gasteiger partial charge is 0.317 e. The summed E-state index contributed by atoms with van der Waals surface area (Å²) in [6, 6.07) is 81.2. The SMILES string of the molecule is c1ccc(-c2ccc(N(c3ccc(-c4ccccc4)cc3)c3ccc(-c4ccc(-n5ccc6cc(-c7cccc8c7sc7ccccc78)ccc65)cc4)cc3)cc2)cc1. The van der Waals surface area contributed by atoms with Crippen molar-refractivity contribution in [2.24, 2.45) is 0 Å². The Hall–Kier alpha value is -7.46. The van der Waals surface area contributed by atoms with Gasteiger partial charge in [-0.15, -0.1) is 11.3 Å². The second kappa shape index (κ2) is 14.8. The maximum Gasteiger partial charge on any atom is 0.0528 e. The zero-order chi connectivity index (χ0) is 39.1. The van der Waals surface area contributed by atoms with Crippen molar-refractivity contribution in [3.63, 3.8) is 0 Å². The minimum Gasteiger partial charge on any atom is -0.317 e. The number of nitrogens with zero attached hydrogens (tertiary/aromatic N) is 2. The van der Waals surface area contributed by atoms with Crippen LogP contribution in [0.15, 0.2) is 231 Å². The van der Waals surface area contributed by atoms with Gasteiger partial charge in [-0.1, -0.05) is 152 Å². The van der Waals surface area contributed by atoms with Crippen LogP contribution in [-0.2, 0) is 0 Å². The van der Waals surface area contributed by atoms with Crippen LogP contribution in [0.1, 0.15) is 0 Å². The van der Waals surface area contributed by atoms with E-state index < -0.39 is 0 Å². The molecule has 0 amide bonds. The molecule has 0 saturated carbocycles. The zero-order valence-corrected chi connectivity index (χ0v) is 33.1. The number of thiophene rings is 1. The molecule has 2 aromatic heterocycles. The van der Waals surface area contributed by atoms with Crippen molar-refractivity contribution < 1.29 is 0 Å². The lowest BCUT2D eigenvalue weighted by molar-refractivity contribution is 1.13.